The fraction of sp³-hybridized carbons (Fsp3) is 0.154. The molecule has 0 aliphatic carbocycles. The number of aryl methyl sites for hydroxylation is 1. The number of carbonyl (C=O) groups is 1. The molecule has 3 N–H and O–H groups in total. The van der Waals surface area contributed by atoms with Crippen molar-refractivity contribution in [3.05, 3.63) is 39.3 Å². The number of hydrogen-bond acceptors (Lipinski definition) is 4. The van der Waals surface area contributed by atoms with Gasteiger partial charge in [0.05, 0.1) is 5.69 Å². The Bertz CT molecular complexity index is 669. The van der Waals surface area contributed by atoms with Gasteiger partial charge in [0.25, 0.3) is 5.91 Å². The molecule has 0 saturated heterocycles. The number of benzene rings is 1. The summed E-state index contributed by atoms with van der Waals surface area (Å²) in [5, 5.41) is 3.86. The molecule has 0 fully saturated rings. The minimum Gasteiger partial charge on any atom is -0.364 e. The maximum absolute atomic E-state index is 12.1. The van der Waals surface area contributed by atoms with Crippen molar-refractivity contribution in [1.29, 1.82) is 0 Å². The van der Waals surface area contributed by atoms with Gasteiger partial charge in [-0.15, -0.1) is 11.3 Å². The van der Waals surface area contributed by atoms with E-state index in [0.717, 1.165) is 15.0 Å². The van der Waals surface area contributed by atoms with Crippen molar-refractivity contribution in [3.8, 4) is 10.6 Å². The Kier molecular flexibility index (Phi) is 5.27. The highest BCUT2D eigenvalue weighted by Gasteiger charge is 2.16. The minimum atomic E-state index is -0.258. The van der Waals surface area contributed by atoms with E-state index in [-0.39, 0.29) is 5.91 Å². The van der Waals surface area contributed by atoms with Crippen LogP contribution < -0.4 is 16.2 Å². The molecule has 0 saturated carbocycles. The summed E-state index contributed by atoms with van der Waals surface area (Å²) in [6.07, 6.45) is 0. The van der Waals surface area contributed by atoms with Crippen molar-refractivity contribution in [2.45, 2.75) is 6.92 Å². The zero-order valence-electron chi connectivity index (χ0n) is 11.4. The molecule has 0 atom stereocenters. The Labute approximate surface area is 140 Å². The average molecular weight is 385 g/mol. The number of hydrazine groups is 1. The summed E-state index contributed by atoms with van der Waals surface area (Å²) in [5.41, 5.74) is 6.81. The first-order valence-corrected chi connectivity index (χ1v) is 8.04. The van der Waals surface area contributed by atoms with Crippen LogP contribution in [-0.2, 0) is 0 Å². The normalized spacial score (nSPS) is 10.0. The number of hydrogen-bond donors (Lipinski definition) is 3. The van der Waals surface area contributed by atoms with Gasteiger partial charge in [-0.05, 0) is 31.3 Å². The molecule has 0 unspecified atom stereocenters. The summed E-state index contributed by atoms with van der Waals surface area (Å²) in [6, 6.07) is 7.80. The lowest BCUT2D eigenvalue weighted by Crippen LogP contribution is -2.45. The lowest BCUT2D eigenvalue weighted by Gasteiger charge is -2.07. The smallest absolute Gasteiger partial charge is 0.281 e. The highest BCUT2D eigenvalue weighted by Crippen LogP contribution is 2.28. The predicted molar refractivity (Wildman–Crippen MR) is 92.2 cm³/mol. The van der Waals surface area contributed by atoms with Crippen molar-refractivity contribution in [1.82, 2.24) is 21.2 Å². The van der Waals surface area contributed by atoms with Crippen LogP contribution in [0.3, 0.4) is 0 Å². The number of halogens is 1. The summed E-state index contributed by atoms with van der Waals surface area (Å²) >= 11 is 9.63. The van der Waals surface area contributed by atoms with Crippen LogP contribution in [-0.4, -0.2) is 23.1 Å². The summed E-state index contributed by atoms with van der Waals surface area (Å²) in [5.74, 6) is -0.258. The number of thiazole rings is 1. The predicted octanol–water partition coefficient (Wildman–Crippen LogP) is 2.62. The standard InChI is InChI=1S/C13H13BrN4OS2/c1-7-10(11(19)17-18-13(20)15-2)21-12(16-7)8-3-5-9(14)6-4-8/h3-6H,1-2H3,(H,17,19)(H2,15,18,20). The maximum Gasteiger partial charge on any atom is 0.281 e. The fourth-order valence-electron chi connectivity index (χ4n) is 1.56. The Hall–Kier alpha value is -1.51. The van der Waals surface area contributed by atoms with E-state index in [4.69, 9.17) is 12.2 Å². The molecule has 0 radical (unpaired) electrons. The third-order valence-corrected chi connectivity index (χ3v) is 4.65. The summed E-state index contributed by atoms with van der Waals surface area (Å²) in [7, 11) is 1.67. The molecule has 21 heavy (non-hydrogen) atoms. The van der Waals surface area contributed by atoms with Crippen LogP contribution in [0.25, 0.3) is 10.6 Å². The number of amides is 1. The molecule has 1 heterocycles. The molecule has 5 nitrogen and oxygen atoms in total. The van der Waals surface area contributed by atoms with Crippen molar-refractivity contribution in [3.63, 3.8) is 0 Å². The van der Waals surface area contributed by atoms with Gasteiger partial charge >= 0.3 is 0 Å². The van der Waals surface area contributed by atoms with Crippen LogP contribution in [0.1, 0.15) is 15.4 Å². The average Bonchev–Trinajstić information content (AvgIpc) is 2.87. The number of thiocarbonyl (C=S) groups is 1. The topological polar surface area (TPSA) is 66.0 Å². The first kappa shape index (κ1) is 15.9. The van der Waals surface area contributed by atoms with Gasteiger partial charge < -0.3 is 5.32 Å². The van der Waals surface area contributed by atoms with Crippen molar-refractivity contribution in [2.75, 3.05) is 7.05 Å². The highest BCUT2D eigenvalue weighted by atomic mass is 79.9. The summed E-state index contributed by atoms with van der Waals surface area (Å²) < 4.78 is 1.00. The molecule has 2 aromatic rings. The van der Waals surface area contributed by atoms with Crippen LogP contribution in [0.5, 0.6) is 0 Å². The number of rotatable bonds is 2. The molecule has 0 aliphatic rings. The van der Waals surface area contributed by atoms with E-state index in [1.54, 1.807) is 7.05 Å². The third-order valence-electron chi connectivity index (χ3n) is 2.61. The Morgan fingerprint density at radius 3 is 2.57 bits per heavy atom. The molecule has 1 aromatic heterocycles. The Balaban J connectivity index is 2.17. The summed E-state index contributed by atoms with van der Waals surface area (Å²) in [6.45, 7) is 1.81. The van der Waals surface area contributed by atoms with E-state index in [9.17, 15) is 4.79 Å². The van der Waals surface area contributed by atoms with Crippen LogP contribution in [0.4, 0.5) is 0 Å². The van der Waals surface area contributed by atoms with E-state index >= 15 is 0 Å². The van der Waals surface area contributed by atoms with Crippen LogP contribution >= 0.6 is 39.5 Å². The molecule has 2 rings (SSSR count). The van der Waals surface area contributed by atoms with Crippen LogP contribution in [0.2, 0.25) is 0 Å². The number of aromatic nitrogens is 1. The second-order valence-electron chi connectivity index (χ2n) is 4.10. The van der Waals surface area contributed by atoms with E-state index < -0.39 is 0 Å². The first-order chi connectivity index (χ1) is 10.0. The first-order valence-electron chi connectivity index (χ1n) is 6.02. The van der Waals surface area contributed by atoms with Gasteiger partial charge in [-0.3, -0.25) is 15.6 Å². The lowest BCUT2D eigenvalue weighted by atomic mass is 10.2. The van der Waals surface area contributed by atoms with E-state index in [1.165, 1.54) is 11.3 Å². The van der Waals surface area contributed by atoms with Crippen molar-refractivity contribution >= 4 is 50.5 Å². The highest BCUT2D eigenvalue weighted by molar-refractivity contribution is 9.10. The molecule has 8 heteroatoms. The van der Waals surface area contributed by atoms with E-state index in [0.29, 0.717) is 15.7 Å². The van der Waals surface area contributed by atoms with Gasteiger partial charge in [0, 0.05) is 17.1 Å². The molecule has 0 bridgehead atoms. The second-order valence-corrected chi connectivity index (χ2v) is 6.42. The monoisotopic (exact) mass is 384 g/mol. The van der Waals surface area contributed by atoms with Crippen LogP contribution in [0.15, 0.2) is 28.7 Å². The fourth-order valence-corrected chi connectivity index (χ4v) is 2.84. The molecular weight excluding hydrogens is 372 g/mol. The van der Waals surface area contributed by atoms with Gasteiger partial charge in [0.1, 0.15) is 9.88 Å². The molecule has 1 amide bonds. The van der Waals surface area contributed by atoms with E-state index in [1.807, 2.05) is 31.2 Å². The quantitative estimate of drug-likeness (QED) is 0.548. The van der Waals surface area contributed by atoms with Gasteiger partial charge in [-0.1, -0.05) is 28.1 Å². The number of nitrogens with zero attached hydrogens (tertiary/aromatic N) is 1. The van der Waals surface area contributed by atoms with Gasteiger partial charge in [0.2, 0.25) is 0 Å². The SMILES string of the molecule is CNC(=S)NNC(=O)c1sc(-c2ccc(Br)cc2)nc1C. The minimum absolute atomic E-state index is 0.258. The molecule has 1 aromatic carbocycles. The van der Waals surface area contributed by atoms with Gasteiger partial charge in [0.15, 0.2) is 5.11 Å². The number of carbonyl (C=O) groups excluding carboxylic acids is 1. The van der Waals surface area contributed by atoms with Crippen molar-refractivity contribution < 1.29 is 4.79 Å². The Morgan fingerprint density at radius 2 is 1.95 bits per heavy atom. The second kappa shape index (κ2) is 6.97. The zero-order valence-corrected chi connectivity index (χ0v) is 14.6. The number of nitrogens with one attached hydrogen (secondary N) is 3. The van der Waals surface area contributed by atoms with Gasteiger partial charge in [-0.2, -0.15) is 0 Å². The van der Waals surface area contributed by atoms with Gasteiger partial charge in [-0.25, -0.2) is 4.98 Å². The molecule has 0 aliphatic heterocycles. The van der Waals surface area contributed by atoms with Crippen LogP contribution in [0, 0.1) is 6.92 Å². The molecule has 110 valence electrons. The van der Waals surface area contributed by atoms with E-state index in [2.05, 4.69) is 37.1 Å². The van der Waals surface area contributed by atoms with Crippen molar-refractivity contribution in [2.24, 2.45) is 0 Å². The molecular formula is C13H13BrN4OS2. The largest absolute Gasteiger partial charge is 0.364 e. The molecule has 0 spiro atoms. The lowest BCUT2D eigenvalue weighted by molar-refractivity contribution is 0.0947. The Morgan fingerprint density at radius 1 is 1.29 bits per heavy atom. The maximum atomic E-state index is 12.1. The third kappa shape index (κ3) is 3.99. The summed E-state index contributed by atoms with van der Waals surface area (Å²) in [4.78, 5) is 17.1. The zero-order chi connectivity index (χ0) is 15.4.